The molecule has 0 unspecified atom stereocenters. The number of methoxy groups -OCH3 is 2. The molecule has 0 atom stereocenters. The molecule has 0 aliphatic heterocycles. The number of anilines is 1. The second-order valence-corrected chi connectivity index (χ2v) is 5.97. The molecule has 0 saturated heterocycles. The number of amides is 2. The van der Waals surface area contributed by atoms with E-state index in [-0.39, 0.29) is 11.8 Å². The molecule has 0 saturated carbocycles. The number of carbonyl (C=O) groups is 2. The molecule has 0 aliphatic carbocycles. The number of hydrogen-bond donors (Lipinski definition) is 2. The largest absolute Gasteiger partial charge is 0.490 e. The lowest BCUT2D eigenvalue weighted by atomic mass is 10.1. The van der Waals surface area contributed by atoms with E-state index >= 15 is 0 Å². The maximum atomic E-state index is 12.6. The average Bonchev–Trinajstić information content (AvgIpc) is 2.72. The summed E-state index contributed by atoms with van der Waals surface area (Å²) in [6.07, 6.45) is 0.752. The predicted molar refractivity (Wildman–Crippen MR) is 107 cm³/mol. The van der Waals surface area contributed by atoms with Crippen LogP contribution in [0, 0.1) is 0 Å². The standard InChI is InChI=1S/C21H26N2O5/c1-26-13-5-12-22-20(24)16-8-10-17(11-9-16)23-21(25)18-6-3-4-7-19(18)28-15-14-27-2/h3-4,6-11H,5,12-15H2,1-2H3,(H,22,24)(H,23,25). The Kier molecular flexibility index (Phi) is 8.97. The van der Waals surface area contributed by atoms with Crippen molar-refractivity contribution in [1.29, 1.82) is 0 Å². The predicted octanol–water partition coefficient (Wildman–Crippen LogP) is 2.73. The Morgan fingerprint density at radius 1 is 0.857 bits per heavy atom. The molecule has 150 valence electrons. The zero-order valence-corrected chi connectivity index (χ0v) is 16.2. The highest BCUT2D eigenvalue weighted by atomic mass is 16.5. The van der Waals surface area contributed by atoms with Crippen LogP contribution in [-0.2, 0) is 9.47 Å². The summed E-state index contributed by atoms with van der Waals surface area (Å²) in [6.45, 7) is 1.94. The summed E-state index contributed by atoms with van der Waals surface area (Å²) >= 11 is 0. The van der Waals surface area contributed by atoms with E-state index in [1.165, 1.54) is 0 Å². The van der Waals surface area contributed by atoms with E-state index in [9.17, 15) is 9.59 Å². The zero-order valence-electron chi connectivity index (χ0n) is 16.2. The van der Waals surface area contributed by atoms with E-state index < -0.39 is 0 Å². The fourth-order valence-corrected chi connectivity index (χ4v) is 2.44. The molecule has 28 heavy (non-hydrogen) atoms. The first kappa shape index (κ1) is 21.4. The van der Waals surface area contributed by atoms with E-state index in [1.54, 1.807) is 62.8 Å². The topological polar surface area (TPSA) is 85.9 Å². The van der Waals surface area contributed by atoms with Gasteiger partial charge in [0.15, 0.2) is 0 Å². The summed E-state index contributed by atoms with van der Waals surface area (Å²) in [4.78, 5) is 24.6. The van der Waals surface area contributed by atoms with E-state index in [0.29, 0.717) is 48.9 Å². The van der Waals surface area contributed by atoms with E-state index in [4.69, 9.17) is 14.2 Å². The van der Waals surface area contributed by atoms with Gasteiger partial charge in [0.05, 0.1) is 12.2 Å². The third-order valence-corrected chi connectivity index (χ3v) is 3.89. The van der Waals surface area contributed by atoms with Crippen molar-refractivity contribution in [2.75, 3.05) is 45.9 Å². The lowest BCUT2D eigenvalue weighted by Gasteiger charge is -2.12. The van der Waals surface area contributed by atoms with Crippen LogP contribution < -0.4 is 15.4 Å². The van der Waals surface area contributed by atoms with Crippen LogP contribution in [0.4, 0.5) is 5.69 Å². The molecule has 2 aromatic carbocycles. The molecule has 2 N–H and O–H groups in total. The van der Waals surface area contributed by atoms with Gasteiger partial charge in [-0.1, -0.05) is 12.1 Å². The molecule has 7 heteroatoms. The number of hydrogen-bond acceptors (Lipinski definition) is 5. The number of ether oxygens (including phenoxy) is 3. The molecule has 0 aliphatic rings. The maximum absolute atomic E-state index is 12.6. The maximum Gasteiger partial charge on any atom is 0.259 e. The Balaban J connectivity index is 1.95. The molecule has 0 radical (unpaired) electrons. The van der Waals surface area contributed by atoms with Crippen molar-refractivity contribution in [3.05, 3.63) is 59.7 Å². The Hall–Kier alpha value is -2.90. The smallest absolute Gasteiger partial charge is 0.259 e. The highest BCUT2D eigenvalue weighted by molar-refractivity contribution is 6.06. The van der Waals surface area contributed by atoms with Crippen molar-refractivity contribution in [2.45, 2.75) is 6.42 Å². The van der Waals surface area contributed by atoms with Gasteiger partial charge in [-0.15, -0.1) is 0 Å². The van der Waals surface area contributed by atoms with Gasteiger partial charge in [-0.3, -0.25) is 9.59 Å². The number of carbonyl (C=O) groups excluding carboxylic acids is 2. The monoisotopic (exact) mass is 386 g/mol. The fourth-order valence-electron chi connectivity index (χ4n) is 2.44. The van der Waals surface area contributed by atoms with Crippen LogP contribution in [-0.4, -0.2) is 52.4 Å². The quantitative estimate of drug-likeness (QED) is 0.580. The highest BCUT2D eigenvalue weighted by Gasteiger charge is 2.13. The number of para-hydroxylation sites is 1. The first-order valence-corrected chi connectivity index (χ1v) is 9.05. The molecule has 7 nitrogen and oxygen atoms in total. The molecular formula is C21H26N2O5. The minimum atomic E-state index is -0.287. The average molecular weight is 386 g/mol. The van der Waals surface area contributed by atoms with Crippen molar-refractivity contribution in [2.24, 2.45) is 0 Å². The molecular weight excluding hydrogens is 360 g/mol. The van der Waals surface area contributed by atoms with Crippen molar-refractivity contribution in [3.63, 3.8) is 0 Å². The Morgan fingerprint density at radius 2 is 1.57 bits per heavy atom. The van der Waals surface area contributed by atoms with Crippen LogP contribution in [0.5, 0.6) is 5.75 Å². The van der Waals surface area contributed by atoms with Gasteiger partial charge in [0.25, 0.3) is 11.8 Å². The molecule has 0 bridgehead atoms. The van der Waals surface area contributed by atoms with E-state index in [1.807, 2.05) is 0 Å². The van der Waals surface area contributed by atoms with Gasteiger partial charge in [0.2, 0.25) is 0 Å². The first-order chi connectivity index (χ1) is 13.7. The van der Waals surface area contributed by atoms with Gasteiger partial charge in [-0.05, 0) is 42.8 Å². The summed E-state index contributed by atoms with van der Waals surface area (Å²) in [6, 6.07) is 13.7. The van der Waals surface area contributed by atoms with Gasteiger partial charge in [-0.2, -0.15) is 0 Å². The van der Waals surface area contributed by atoms with Crippen LogP contribution in [0.25, 0.3) is 0 Å². The summed E-state index contributed by atoms with van der Waals surface area (Å²) < 4.78 is 15.5. The summed E-state index contributed by atoms with van der Waals surface area (Å²) in [5.74, 6) is 0.0414. The van der Waals surface area contributed by atoms with Crippen molar-refractivity contribution >= 4 is 17.5 Å². The van der Waals surface area contributed by atoms with Crippen LogP contribution >= 0.6 is 0 Å². The molecule has 0 fully saturated rings. The van der Waals surface area contributed by atoms with Crippen molar-refractivity contribution < 1.29 is 23.8 Å². The SMILES string of the molecule is COCCCNC(=O)c1ccc(NC(=O)c2ccccc2OCCOC)cc1. The third-order valence-electron chi connectivity index (χ3n) is 3.89. The zero-order chi connectivity index (χ0) is 20.2. The summed E-state index contributed by atoms with van der Waals surface area (Å²) in [5.41, 5.74) is 1.55. The van der Waals surface area contributed by atoms with E-state index in [0.717, 1.165) is 6.42 Å². The molecule has 0 aromatic heterocycles. The van der Waals surface area contributed by atoms with Crippen LogP contribution in [0.15, 0.2) is 48.5 Å². The van der Waals surface area contributed by atoms with Crippen molar-refractivity contribution in [3.8, 4) is 5.75 Å². The summed E-state index contributed by atoms with van der Waals surface area (Å²) in [7, 11) is 3.21. The lowest BCUT2D eigenvalue weighted by Crippen LogP contribution is -2.25. The van der Waals surface area contributed by atoms with Crippen molar-refractivity contribution in [1.82, 2.24) is 5.32 Å². The second-order valence-electron chi connectivity index (χ2n) is 5.97. The van der Waals surface area contributed by atoms with Crippen LogP contribution in [0.3, 0.4) is 0 Å². The molecule has 2 amide bonds. The van der Waals surface area contributed by atoms with Gasteiger partial charge in [-0.25, -0.2) is 0 Å². The normalized spacial score (nSPS) is 10.4. The second kappa shape index (κ2) is 11.7. The Morgan fingerprint density at radius 3 is 2.29 bits per heavy atom. The molecule has 0 heterocycles. The molecule has 2 aromatic rings. The van der Waals surface area contributed by atoms with E-state index in [2.05, 4.69) is 10.6 Å². The number of benzene rings is 2. The molecule has 0 spiro atoms. The van der Waals surface area contributed by atoms with Crippen LogP contribution in [0.2, 0.25) is 0 Å². The summed E-state index contributed by atoms with van der Waals surface area (Å²) in [5, 5.41) is 5.64. The van der Waals surface area contributed by atoms with Gasteiger partial charge in [0, 0.05) is 38.6 Å². The molecule has 2 rings (SSSR count). The van der Waals surface area contributed by atoms with Gasteiger partial charge in [0.1, 0.15) is 12.4 Å². The fraction of sp³-hybridized carbons (Fsp3) is 0.333. The van der Waals surface area contributed by atoms with Crippen LogP contribution in [0.1, 0.15) is 27.1 Å². The lowest BCUT2D eigenvalue weighted by molar-refractivity contribution is 0.0948. The Bertz CT molecular complexity index is 762. The minimum Gasteiger partial charge on any atom is -0.490 e. The van der Waals surface area contributed by atoms with Gasteiger partial charge >= 0.3 is 0 Å². The highest BCUT2D eigenvalue weighted by Crippen LogP contribution is 2.20. The Labute approximate surface area is 165 Å². The first-order valence-electron chi connectivity index (χ1n) is 9.05. The number of rotatable bonds is 11. The minimum absolute atomic E-state index is 0.161. The van der Waals surface area contributed by atoms with Gasteiger partial charge < -0.3 is 24.8 Å². The number of nitrogens with one attached hydrogen (secondary N) is 2. The third kappa shape index (κ3) is 6.68.